The molecule has 0 atom stereocenters. The van der Waals surface area contributed by atoms with E-state index in [-0.39, 0.29) is 11.8 Å². The third kappa shape index (κ3) is 3.47. The molecule has 1 heterocycles. The van der Waals surface area contributed by atoms with Crippen LogP contribution in [0.3, 0.4) is 0 Å². The predicted molar refractivity (Wildman–Crippen MR) is 73.4 cm³/mol. The maximum Gasteiger partial charge on any atom is 0.242 e. The molecule has 5 heteroatoms. The lowest BCUT2D eigenvalue weighted by molar-refractivity contribution is -0.138. The third-order valence-electron chi connectivity index (χ3n) is 4.46. The highest BCUT2D eigenvalue weighted by molar-refractivity contribution is 5.86. The lowest BCUT2D eigenvalue weighted by Gasteiger charge is -2.36. The average Bonchev–Trinajstić information content (AvgIpc) is 2.84. The van der Waals surface area contributed by atoms with Gasteiger partial charge in [-0.05, 0) is 31.6 Å². The molecule has 3 N–H and O–H groups in total. The summed E-state index contributed by atoms with van der Waals surface area (Å²) in [6, 6.07) is 0. The molecule has 1 saturated heterocycles. The average molecular weight is 267 g/mol. The number of carbonyl (C=O) groups is 2. The number of likely N-dealkylation sites (tertiary alicyclic amines) is 1. The number of carbonyl (C=O) groups excluding carboxylic acids is 2. The minimum Gasteiger partial charge on any atom is -0.356 e. The van der Waals surface area contributed by atoms with Crippen molar-refractivity contribution < 1.29 is 9.59 Å². The number of nitrogens with two attached hydrogens (primary N) is 1. The molecule has 0 aromatic carbocycles. The highest BCUT2D eigenvalue weighted by atomic mass is 16.2. The van der Waals surface area contributed by atoms with Crippen LogP contribution in [-0.4, -0.2) is 41.9 Å². The van der Waals surface area contributed by atoms with Gasteiger partial charge in [0.2, 0.25) is 11.8 Å². The zero-order chi connectivity index (χ0) is 13.9. The standard InChI is InChI=1S/C14H25N3O2/c1-11(18)16-10-12-4-8-17(9-5-12)13(19)14(15)6-2-3-7-14/h12H,2-10,15H2,1H3,(H,16,18). The maximum absolute atomic E-state index is 12.4. The Morgan fingerprint density at radius 2 is 1.84 bits per heavy atom. The molecule has 2 aliphatic rings. The fraction of sp³-hybridized carbons (Fsp3) is 0.857. The third-order valence-corrected chi connectivity index (χ3v) is 4.46. The molecule has 108 valence electrons. The fourth-order valence-electron chi connectivity index (χ4n) is 3.16. The van der Waals surface area contributed by atoms with E-state index in [0.717, 1.165) is 58.2 Å². The van der Waals surface area contributed by atoms with Crippen molar-refractivity contribution in [2.45, 2.75) is 51.0 Å². The topological polar surface area (TPSA) is 75.4 Å². The van der Waals surface area contributed by atoms with Crippen LogP contribution >= 0.6 is 0 Å². The van der Waals surface area contributed by atoms with Crippen molar-refractivity contribution in [2.24, 2.45) is 11.7 Å². The van der Waals surface area contributed by atoms with Gasteiger partial charge in [0.05, 0.1) is 5.54 Å². The van der Waals surface area contributed by atoms with Gasteiger partial charge in [-0.2, -0.15) is 0 Å². The van der Waals surface area contributed by atoms with E-state index in [0.29, 0.717) is 5.92 Å². The van der Waals surface area contributed by atoms with Crippen LogP contribution in [0.15, 0.2) is 0 Å². The number of rotatable bonds is 3. The van der Waals surface area contributed by atoms with E-state index in [1.54, 1.807) is 0 Å². The summed E-state index contributed by atoms with van der Waals surface area (Å²) in [7, 11) is 0. The number of hydrogen-bond acceptors (Lipinski definition) is 3. The SMILES string of the molecule is CC(=O)NCC1CCN(C(=O)C2(N)CCCC2)CC1. The summed E-state index contributed by atoms with van der Waals surface area (Å²) in [4.78, 5) is 25.2. The number of hydrogen-bond donors (Lipinski definition) is 2. The van der Waals surface area contributed by atoms with Gasteiger partial charge in [-0.3, -0.25) is 9.59 Å². The van der Waals surface area contributed by atoms with Crippen LogP contribution in [0.2, 0.25) is 0 Å². The molecule has 1 aliphatic heterocycles. The Morgan fingerprint density at radius 1 is 1.26 bits per heavy atom. The first-order valence-electron chi connectivity index (χ1n) is 7.34. The Labute approximate surface area is 114 Å². The van der Waals surface area contributed by atoms with Gasteiger partial charge in [-0.25, -0.2) is 0 Å². The minimum atomic E-state index is -0.593. The Kier molecular flexibility index (Phi) is 4.45. The highest BCUT2D eigenvalue weighted by Gasteiger charge is 2.40. The predicted octanol–water partition coefficient (Wildman–Crippen LogP) is 0.633. The lowest BCUT2D eigenvalue weighted by Crippen LogP contribution is -2.55. The van der Waals surface area contributed by atoms with Crippen molar-refractivity contribution in [2.75, 3.05) is 19.6 Å². The van der Waals surface area contributed by atoms with Gasteiger partial charge < -0.3 is 16.0 Å². The Balaban J connectivity index is 1.79. The summed E-state index contributed by atoms with van der Waals surface area (Å²) in [5, 5.41) is 2.85. The Morgan fingerprint density at radius 3 is 2.37 bits per heavy atom. The first-order valence-corrected chi connectivity index (χ1v) is 7.34. The molecule has 2 fully saturated rings. The van der Waals surface area contributed by atoms with Gasteiger partial charge in [-0.15, -0.1) is 0 Å². The zero-order valence-corrected chi connectivity index (χ0v) is 11.8. The fourth-order valence-corrected chi connectivity index (χ4v) is 3.16. The van der Waals surface area contributed by atoms with E-state index in [9.17, 15) is 9.59 Å². The second-order valence-corrected chi connectivity index (χ2v) is 6.04. The summed E-state index contributed by atoms with van der Waals surface area (Å²) in [5.41, 5.74) is 5.63. The van der Waals surface area contributed by atoms with E-state index in [4.69, 9.17) is 5.73 Å². The van der Waals surface area contributed by atoms with Gasteiger partial charge in [0.15, 0.2) is 0 Å². The summed E-state index contributed by atoms with van der Waals surface area (Å²) in [6.07, 6.45) is 5.72. The van der Waals surface area contributed by atoms with Crippen molar-refractivity contribution in [3.05, 3.63) is 0 Å². The van der Waals surface area contributed by atoms with E-state index in [2.05, 4.69) is 5.32 Å². The summed E-state index contributed by atoms with van der Waals surface area (Å²) >= 11 is 0. The maximum atomic E-state index is 12.4. The van der Waals surface area contributed by atoms with E-state index in [1.807, 2.05) is 4.90 Å². The second kappa shape index (κ2) is 5.90. The normalized spacial score (nSPS) is 23.4. The quantitative estimate of drug-likeness (QED) is 0.787. The molecule has 1 aliphatic carbocycles. The van der Waals surface area contributed by atoms with Crippen LogP contribution < -0.4 is 11.1 Å². The van der Waals surface area contributed by atoms with Crippen LogP contribution in [0.5, 0.6) is 0 Å². The van der Waals surface area contributed by atoms with Crippen LogP contribution in [0.25, 0.3) is 0 Å². The Hall–Kier alpha value is -1.10. The smallest absolute Gasteiger partial charge is 0.242 e. The van der Waals surface area contributed by atoms with Crippen LogP contribution in [0.1, 0.15) is 45.4 Å². The highest BCUT2D eigenvalue weighted by Crippen LogP contribution is 2.30. The number of amides is 2. The van der Waals surface area contributed by atoms with Gasteiger partial charge in [0.1, 0.15) is 0 Å². The van der Waals surface area contributed by atoms with Gasteiger partial charge in [0, 0.05) is 26.6 Å². The Bertz CT molecular complexity index is 343. The zero-order valence-electron chi connectivity index (χ0n) is 11.8. The molecule has 2 amide bonds. The van der Waals surface area contributed by atoms with E-state index < -0.39 is 5.54 Å². The molecule has 2 rings (SSSR count). The van der Waals surface area contributed by atoms with Crippen molar-refractivity contribution in [1.29, 1.82) is 0 Å². The molecule has 0 aromatic heterocycles. The van der Waals surface area contributed by atoms with Gasteiger partial charge >= 0.3 is 0 Å². The first kappa shape index (κ1) is 14.3. The summed E-state index contributed by atoms with van der Waals surface area (Å²) in [5.74, 6) is 0.651. The first-order chi connectivity index (χ1) is 9.01. The molecular weight excluding hydrogens is 242 g/mol. The molecule has 0 bridgehead atoms. The molecule has 0 spiro atoms. The molecular formula is C14H25N3O2. The van der Waals surface area contributed by atoms with E-state index >= 15 is 0 Å². The molecule has 19 heavy (non-hydrogen) atoms. The van der Waals surface area contributed by atoms with Crippen molar-refractivity contribution in [3.8, 4) is 0 Å². The molecule has 0 aromatic rings. The minimum absolute atomic E-state index is 0.0189. The van der Waals surface area contributed by atoms with Crippen molar-refractivity contribution in [3.63, 3.8) is 0 Å². The lowest BCUT2D eigenvalue weighted by atomic mass is 9.92. The molecule has 5 nitrogen and oxygen atoms in total. The molecule has 1 saturated carbocycles. The van der Waals surface area contributed by atoms with Crippen LogP contribution in [0.4, 0.5) is 0 Å². The number of piperidine rings is 1. The number of nitrogens with zero attached hydrogens (tertiary/aromatic N) is 1. The summed E-state index contributed by atoms with van der Waals surface area (Å²) in [6.45, 7) is 3.83. The molecule has 0 radical (unpaired) electrons. The van der Waals surface area contributed by atoms with Crippen molar-refractivity contribution in [1.82, 2.24) is 10.2 Å². The van der Waals surface area contributed by atoms with Crippen molar-refractivity contribution >= 4 is 11.8 Å². The second-order valence-electron chi connectivity index (χ2n) is 6.04. The van der Waals surface area contributed by atoms with Crippen LogP contribution in [-0.2, 0) is 9.59 Å². The monoisotopic (exact) mass is 267 g/mol. The van der Waals surface area contributed by atoms with Crippen LogP contribution in [0, 0.1) is 5.92 Å². The number of nitrogens with one attached hydrogen (secondary N) is 1. The van der Waals surface area contributed by atoms with Gasteiger partial charge in [-0.1, -0.05) is 12.8 Å². The van der Waals surface area contributed by atoms with Gasteiger partial charge in [0.25, 0.3) is 0 Å². The molecule has 0 unspecified atom stereocenters. The largest absolute Gasteiger partial charge is 0.356 e. The van der Waals surface area contributed by atoms with E-state index in [1.165, 1.54) is 6.92 Å². The summed E-state index contributed by atoms with van der Waals surface area (Å²) < 4.78 is 0.